The van der Waals surface area contributed by atoms with Crippen LogP contribution in [0.4, 0.5) is 10.1 Å². The molecule has 2 aromatic rings. The van der Waals surface area contributed by atoms with Gasteiger partial charge in [0.2, 0.25) is 0 Å². The maximum Gasteiger partial charge on any atom is 0.277 e. The molecule has 0 radical (unpaired) electrons. The fourth-order valence-electron chi connectivity index (χ4n) is 1.60. The zero-order chi connectivity index (χ0) is 12.4. The van der Waals surface area contributed by atoms with Gasteiger partial charge in [-0.05, 0) is 18.2 Å². The second-order valence-corrected chi connectivity index (χ2v) is 3.78. The van der Waals surface area contributed by atoms with E-state index >= 15 is 0 Å². The number of nitro groups is 1. The minimum absolute atomic E-state index is 0.0569. The standard InChI is InChI=1S/C12H7ClFNO2/c13-9-5-3-6-10(14)12(9)8-4-1-2-7-11(8)15(16)17/h1-7H. The van der Waals surface area contributed by atoms with Crippen molar-refractivity contribution in [3.8, 4) is 11.1 Å². The highest BCUT2D eigenvalue weighted by atomic mass is 35.5. The fraction of sp³-hybridized carbons (Fsp3) is 0. The van der Waals surface area contributed by atoms with E-state index in [2.05, 4.69) is 0 Å². The summed E-state index contributed by atoms with van der Waals surface area (Å²) in [4.78, 5) is 10.3. The summed E-state index contributed by atoms with van der Waals surface area (Å²) in [6, 6.07) is 10.1. The normalized spacial score (nSPS) is 10.2. The smallest absolute Gasteiger partial charge is 0.258 e. The lowest BCUT2D eigenvalue weighted by atomic mass is 10.0. The largest absolute Gasteiger partial charge is 0.277 e. The lowest BCUT2D eigenvalue weighted by molar-refractivity contribution is -0.384. The van der Waals surface area contributed by atoms with Crippen molar-refractivity contribution < 1.29 is 9.31 Å². The van der Waals surface area contributed by atoms with Crippen LogP contribution in [0.2, 0.25) is 5.02 Å². The average Bonchev–Trinajstić information content (AvgIpc) is 2.29. The molecule has 0 spiro atoms. The van der Waals surface area contributed by atoms with Crippen molar-refractivity contribution in [2.45, 2.75) is 0 Å². The van der Waals surface area contributed by atoms with Crippen molar-refractivity contribution in [2.24, 2.45) is 0 Å². The molecule has 0 aliphatic carbocycles. The second kappa shape index (κ2) is 4.51. The summed E-state index contributed by atoms with van der Waals surface area (Å²) in [5.41, 5.74) is 0.0709. The molecule has 0 fully saturated rings. The maximum absolute atomic E-state index is 13.7. The molecule has 86 valence electrons. The van der Waals surface area contributed by atoms with Crippen molar-refractivity contribution >= 4 is 17.3 Å². The van der Waals surface area contributed by atoms with Gasteiger partial charge in [-0.2, -0.15) is 0 Å². The lowest BCUT2D eigenvalue weighted by Gasteiger charge is -2.06. The van der Waals surface area contributed by atoms with Crippen LogP contribution in [0.1, 0.15) is 0 Å². The quantitative estimate of drug-likeness (QED) is 0.597. The zero-order valence-electron chi connectivity index (χ0n) is 8.56. The van der Waals surface area contributed by atoms with Gasteiger partial charge in [0.1, 0.15) is 5.82 Å². The van der Waals surface area contributed by atoms with Gasteiger partial charge in [-0.15, -0.1) is 0 Å². The van der Waals surface area contributed by atoms with Crippen LogP contribution in [0.3, 0.4) is 0 Å². The van der Waals surface area contributed by atoms with Crippen LogP contribution in [0, 0.1) is 15.9 Å². The molecule has 17 heavy (non-hydrogen) atoms. The van der Waals surface area contributed by atoms with Crippen molar-refractivity contribution in [2.75, 3.05) is 0 Å². The van der Waals surface area contributed by atoms with E-state index in [-0.39, 0.29) is 21.8 Å². The van der Waals surface area contributed by atoms with Crippen LogP contribution < -0.4 is 0 Å². The summed E-state index contributed by atoms with van der Waals surface area (Å²) >= 11 is 5.88. The third kappa shape index (κ3) is 2.12. The summed E-state index contributed by atoms with van der Waals surface area (Å²) in [6.45, 7) is 0. The number of nitro benzene ring substituents is 1. The Bertz CT molecular complexity index is 566. The van der Waals surface area contributed by atoms with E-state index < -0.39 is 10.7 Å². The summed E-state index contributed by atoms with van der Waals surface area (Å²) < 4.78 is 13.7. The summed E-state index contributed by atoms with van der Waals surface area (Å²) in [7, 11) is 0. The second-order valence-electron chi connectivity index (χ2n) is 3.37. The monoisotopic (exact) mass is 251 g/mol. The van der Waals surface area contributed by atoms with Crippen molar-refractivity contribution in [3.63, 3.8) is 0 Å². The van der Waals surface area contributed by atoms with Crippen molar-refractivity contribution in [1.82, 2.24) is 0 Å². The highest BCUT2D eigenvalue weighted by Gasteiger charge is 2.19. The number of hydrogen-bond acceptors (Lipinski definition) is 2. The molecule has 0 saturated carbocycles. The van der Waals surface area contributed by atoms with Crippen LogP contribution in [-0.4, -0.2) is 4.92 Å². The molecule has 0 aliphatic heterocycles. The number of para-hydroxylation sites is 1. The Labute approximate surface area is 102 Å². The molecule has 3 nitrogen and oxygen atoms in total. The Morgan fingerprint density at radius 1 is 1.12 bits per heavy atom. The van der Waals surface area contributed by atoms with E-state index in [0.717, 1.165) is 0 Å². The molecule has 2 rings (SSSR count). The van der Waals surface area contributed by atoms with Crippen LogP contribution in [0.5, 0.6) is 0 Å². The molecule has 0 amide bonds. The van der Waals surface area contributed by atoms with Gasteiger partial charge in [0, 0.05) is 11.6 Å². The van der Waals surface area contributed by atoms with Crippen LogP contribution in [0.25, 0.3) is 11.1 Å². The van der Waals surface area contributed by atoms with Gasteiger partial charge < -0.3 is 0 Å². The Kier molecular flexibility index (Phi) is 3.06. The van der Waals surface area contributed by atoms with E-state index in [1.165, 1.54) is 36.4 Å². The summed E-state index contributed by atoms with van der Waals surface area (Å²) in [5.74, 6) is -0.577. The first kappa shape index (κ1) is 11.5. The topological polar surface area (TPSA) is 43.1 Å². The zero-order valence-corrected chi connectivity index (χ0v) is 9.32. The first-order valence-corrected chi connectivity index (χ1v) is 5.17. The first-order chi connectivity index (χ1) is 8.11. The van der Waals surface area contributed by atoms with Gasteiger partial charge in [-0.1, -0.05) is 29.8 Å². The minimum Gasteiger partial charge on any atom is -0.258 e. The molecule has 0 atom stereocenters. The SMILES string of the molecule is O=[N+]([O-])c1ccccc1-c1c(F)cccc1Cl. The molecule has 0 heterocycles. The number of halogens is 2. The Balaban J connectivity index is 2.73. The Hall–Kier alpha value is -1.94. The van der Waals surface area contributed by atoms with Gasteiger partial charge in [0.05, 0.1) is 15.5 Å². The molecule has 0 aliphatic rings. The number of benzene rings is 2. The van der Waals surface area contributed by atoms with Gasteiger partial charge in [0.15, 0.2) is 0 Å². The lowest BCUT2D eigenvalue weighted by Crippen LogP contribution is -1.93. The van der Waals surface area contributed by atoms with E-state index in [1.54, 1.807) is 6.07 Å². The predicted molar refractivity (Wildman–Crippen MR) is 63.5 cm³/mol. The first-order valence-electron chi connectivity index (χ1n) is 4.79. The number of hydrogen-bond donors (Lipinski definition) is 0. The van der Waals surface area contributed by atoms with E-state index in [9.17, 15) is 14.5 Å². The van der Waals surface area contributed by atoms with Crippen LogP contribution >= 0.6 is 11.6 Å². The highest BCUT2D eigenvalue weighted by molar-refractivity contribution is 6.33. The summed E-state index contributed by atoms with van der Waals surface area (Å²) in [5, 5.41) is 11.0. The molecule has 0 aromatic heterocycles. The summed E-state index contributed by atoms with van der Waals surface area (Å²) in [6.07, 6.45) is 0. The Morgan fingerprint density at radius 2 is 1.82 bits per heavy atom. The molecule has 0 N–H and O–H groups in total. The van der Waals surface area contributed by atoms with E-state index in [1.807, 2.05) is 0 Å². The van der Waals surface area contributed by atoms with Gasteiger partial charge in [0.25, 0.3) is 5.69 Å². The molecule has 2 aromatic carbocycles. The van der Waals surface area contributed by atoms with Gasteiger partial charge >= 0.3 is 0 Å². The van der Waals surface area contributed by atoms with Gasteiger partial charge in [-0.3, -0.25) is 10.1 Å². The number of nitrogens with zero attached hydrogens (tertiary/aromatic N) is 1. The minimum atomic E-state index is -0.577. The van der Waals surface area contributed by atoms with E-state index in [4.69, 9.17) is 11.6 Å². The Morgan fingerprint density at radius 3 is 2.47 bits per heavy atom. The van der Waals surface area contributed by atoms with E-state index in [0.29, 0.717) is 0 Å². The predicted octanol–water partition coefficient (Wildman–Crippen LogP) is 4.05. The molecule has 5 heteroatoms. The fourth-order valence-corrected chi connectivity index (χ4v) is 1.86. The van der Waals surface area contributed by atoms with Gasteiger partial charge in [-0.25, -0.2) is 4.39 Å². The highest BCUT2D eigenvalue weighted by Crippen LogP contribution is 2.36. The number of rotatable bonds is 2. The average molecular weight is 252 g/mol. The van der Waals surface area contributed by atoms with Crippen molar-refractivity contribution in [1.29, 1.82) is 0 Å². The molecular weight excluding hydrogens is 245 g/mol. The van der Waals surface area contributed by atoms with Crippen LogP contribution in [0.15, 0.2) is 42.5 Å². The maximum atomic E-state index is 13.7. The molecule has 0 saturated heterocycles. The molecular formula is C12H7ClFNO2. The molecule has 0 bridgehead atoms. The van der Waals surface area contributed by atoms with Crippen LogP contribution in [-0.2, 0) is 0 Å². The third-order valence-corrected chi connectivity index (χ3v) is 2.65. The third-order valence-electron chi connectivity index (χ3n) is 2.33. The van der Waals surface area contributed by atoms with Crippen molar-refractivity contribution in [3.05, 3.63) is 63.4 Å². The molecule has 0 unspecified atom stereocenters.